The Bertz CT molecular complexity index is 349. The van der Waals surface area contributed by atoms with Gasteiger partial charge in [-0.15, -0.1) is 0 Å². The van der Waals surface area contributed by atoms with Crippen LogP contribution in [-0.2, 0) is 9.53 Å². The van der Waals surface area contributed by atoms with E-state index in [2.05, 4.69) is 0 Å². The Morgan fingerprint density at radius 2 is 2.18 bits per heavy atom. The fraction of sp³-hybridized carbons (Fsp3) is 0.833. The minimum absolute atomic E-state index is 0.202. The monoisotopic (exact) mass is 256 g/mol. The van der Waals surface area contributed by atoms with E-state index in [0.29, 0.717) is 6.61 Å². The fourth-order valence-corrected chi connectivity index (χ4v) is 2.96. The summed E-state index contributed by atoms with van der Waals surface area (Å²) >= 11 is 6.02. The average Bonchev–Trinajstić information content (AvgIpc) is 2.38. The number of nitriles is 1. The zero-order valence-electron chi connectivity index (χ0n) is 9.99. The molecule has 0 aromatic heterocycles. The van der Waals surface area contributed by atoms with Crippen molar-refractivity contribution in [1.82, 2.24) is 4.90 Å². The van der Waals surface area contributed by atoms with Crippen LogP contribution in [0.4, 0.5) is 0 Å². The Balaban J connectivity index is 2.12. The van der Waals surface area contributed by atoms with Gasteiger partial charge >= 0.3 is 0 Å². The molecule has 2 atom stereocenters. The van der Waals surface area contributed by atoms with Gasteiger partial charge in [-0.05, 0) is 19.8 Å². The van der Waals surface area contributed by atoms with Crippen LogP contribution < -0.4 is 0 Å². The highest BCUT2D eigenvalue weighted by molar-refractivity contribution is 6.40. The lowest BCUT2D eigenvalue weighted by Crippen LogP contribution is -2.74. The molecule has 1 saturated carbocycles. The second-order valence-corrected chi connectivity index (χ2v) is 5.23. The van der Waals surface area contributed by atoms with Crippen molar-refractivity contribution in [1.29, 1.82) is 5.26 Å². The highest BCUT2D eigenvalue weighted by Gasteiger charge is 2.63. The van der Waals surface area contributed by atoms with Crippen LogP contribution in [0.1, 0.15) is 39.0 Å². The van der Waals surface area contributed by atoms with Crippen molar-refractivity contribution in [3.63, 3.8) is 0 Å². The number of rotatable bonds is 3. The second-order valence-electron chi connectivity index (χ2n) is 4.64. The van der Waals surface area contributed by atoms with Crippen LogP contribution in [0.2, 0.25) is 0 Å². The normalized spacial score (nSPS) is 34.3. The standard InChI is InChI=1S/C12H17ClN2O2/c1-2-17-11-12(13,8-14)10(16)15(11)9-6-4-3-5-7-9/h9,11H,2-7H2,1H3/t11-,12-/m0/s1. The minimum atomic E-state index is -1.49. The van der Waals surface area contributed by atoms with Crippen molar-refractivity contribution in [2.24, 2.45) is 0 Å². The first-order chi connectivity index (χ1) is 8.15. The molecule has 0 radical (unpaired) electrons. The smallest absolute Gasteiger partial charge is 0.265 e. The largest absolute Gasteiger partial charge is 0.355 e. The van der Waals surface area contributed by atoms with E-state index < -0.39 is 11.1 Å². The van der Waals surface area contributed by atoms with Crippen LogP contribution in [-0.4, -0.2) is 34.6 Å². The quantitative estimate of drug-likeness (QED) is 0.573. The Morgan fingerprint density at radius 3 is 2.71 bits per heavy atom. The Labute approximate surface area is 106 Å². The van der Waals surface area contributed by atoms with Gasteiger partial charge in [-0.1, -0.05) is 30.9 Å². The number of alkyl halides is 1. The maximum absolute atomic E-state index is 12.0. The third kappa shape index (κ3) is 1.92. The molecule has 1 amide bonds. The van der Waals surface area contributed by atoms with Gasteiger partial charge in [0.15, 0.2) is 6.23 Å². The summed E-state index contributed by atoms with van der Waals surface area (Å²) in [4.78, 5) is 12.2. The van der Waals surface area contributed by atoms with Gasteiger partial charge in [0.25, 0.3) is 10.8 Å². The summed E-state index contributed by atoms with van der Waals surface area (Å²) in [6, 6.07) is 2.08. The molecule has 2 aliphatic rings. The number of carbonyl (C=O) groups excluding carboxylic acids is 1. The SMILES string of the molecule is CCO[C@@H]1N(C2CCCCC2)C(=O)[C@@]1(Cl)C#N. The maximum atomic E-state index is 12.0. The average molecular weight is 257 g/mol. The number of hydrogen-bond acceptors (Lipinski definition) is 3. The predicted molar refractivity (Wildman–Crippen MR) is 63.3 cm³/mol. The van der Waals surface area contributed by atoms with Crippen LogP contribution in [0.15, 0.2) is 0 Å². The molecule has 1 aliphatic heterocycles. The van der Waals surface area contributed by atoms with Crippen molar-refractivity contribution < 1.29 is 9.53 Å². The van der Waals surface area contributed by atoms with E-state index in [1.165, 1.54) is 6.42 Å². The Kier molecular flexibility index (Phi) is 3.60. The van der Waals surface area contributed by atoms with Gasteiger partial charge in [-0.25, -0.2) is 0 Å². The van der Waals surface area contributed by atoms with Crippen LogP contribution in [0.5, 0.6) is 0 Å². The summed E-state index contributed by atoms with van der Waals surface area (Å²) in [5.74, 6) is -0.285. The van der Waals surface area contributed by atoms with Crippen LogP contribution in [0.3, 0.4) is 0 Å². The van der Waals surface area contributed by atoms with E-state index in [1.807, 2.05) is 13.0 Å². The minimum Gasteiger partial charge on any atom is -0.355 e. The van der Waals surface area contributed by atoms with Crippen molar-refractivity contribution in [3.8, 4) is 6.07 Å². The number of amides is 1. The molecule has 5 heteroatoms. The van der Waals surface area contributed by atoms with Crippen LogP contribution in [0.25, 0.3) is 0 Å². The lowest BCUT2D eigenvalue weighted by Gasteiger charge is -2.52. The molecule has 2 fully saturated rings. The van der Waals surface area contributed by atoms with Crippen molar-refractivity contribution in [3.05, 3.63) is 0 Å². The van der Waals surface area contributed by atoms with Gasteiger partial charge < -0.3 is 9.64 Å². The zero-order valence-corrected chi connectivity index (χ0v) is 10.7. The van der Waals surface area contributed by atoms with Gasteiger partial charge in [0.2, 0.25) is 0 Å². The number of carbonyl (C=O) groups is 1. The number of ether oxygens (including phenoxy) is 1. The molecular weight excluding hydrogens is 240 g/mol. The fourth-order valence-electron chi connectivity index (χ4n) is 2.70. The number of halogens is 1. The molecule has 17 heavy (non-hydrogen) atoms. The summed E-state index contributed by atoms with van der Waals surface area (Å²) in [5, 5.41) is 9.02. The van der Waals surface area contributed by atoms with E-state index in [0.717, 1.165) is 25.7 Å². The first kappa shape index (κ1) is 12.7. The van der Waals surface area contributed by atoms with E-state index in [9.17, 15) is 4.79 Å². The number of β-lactam (4-membered cyclic amide) rings is 1. The molecule has 2 rings (SSSR count). The third-order valence-corrected chi connectivity index (χ3v) is 4.03. The predicted octanol–water partition coefficient (Wildman–Crippen LogP) is 2.03. The molecule has 0 aromatic carbocycles. The number of nitrogens with zero attached hydrogens (tertiary/aromatic N) is 2. The first-order valence-corrected chi connectivity index (χ1v) is 6.57. The molecule has 1 saturated heterocycles. The zero-order chi connectivity index (χ0) is 12.5. The highest BCUT2D eigenvalue weighted by atomic mass is 35.5. The van der Waals surface area contributed by atoms with E-state index >= 15 is 0 Å². The summed E-state index contributed by atoms with van der Waals surface area (Å²) in [7, 11) is 0. The summed E-state index contributed by atoms with van der Waals surface area (Å²) in [6.45, 7) is 2.30. The van der Waals surface area contributed by atoms with Crippen LogP contribution in [0, 0.1) is 11.3 Å². The van der Waals surface area contributed by atoms with Crippen molar-refractivity contribution >= 4 is 17.5 Å². The molecule has 94 valence electrons. The topological polar surface area (TPSA) is 53.3 Å². The molecule has 1 heterocycles. The molecule has 0 aromatic rings. The molecule has 0 N–H and O–H groups in total. The summed E-state index contributed by atoms with van der Waals surface area (Å²) < 4.78 is 5.47. The van der Waals surface area contributed by atoms with E-state index in [4.69, 9.17) is 21.6 Å². The Morgan fingerprint density at radius 1 is 1.53 bits per heavy atom. The lowest BCUT2D eigenvalue weighted by molar-refractivity contribution is -0.189. The third-order valence-electron chi connectivity index (χ3n) is 3.59. The van der Waals surface area contributed by atoms with Gasteiger partial charge in [-0.2, -0.15) is 5.26 Å². The molecule has 0 bridgehead atoms. The van der Waals surface area contributed by atoms with Gasteiger partial charge in [0.05, 0.1) is 0 Å². The molecular formula is C12H17ClN2O2. The van der Waals surface area contributed by atoms with Crippen LogP contribution >= 0.6 is 11.6 Å². The molecule has 1 aliphatic carbocycles. The lowest BCUT2D eigenvalue weighted by atomic mass is 9.87. The summed E-state index contributed by atoms with van der Waals surface area (Å²) in [6.07, 6.45) is 4.91. The Hall–Kier alpha value is -0.790. The molecule has 4 nitrogen and oxygen atoms in total. The first-order valence-electron chi connectivity index (χ1n) is 6.19. The summed E-state index contributed by atoms with van der Waals surface area (Å²) in [5.41, 5.74) is 0. The molecule has 0 unspecified atom stereocenters. The van der Waals surface area contributed by atoms with E-state index in [1.54, 1.807) is 4.90 Å². The second kappa shape index (κ2) is 4.83. The van der Waals surface area contributed by atoms with Crippen molar-refractivity contribution in [2.45, 2.75) is 56.2 Å². The van der Waals surface area contributed by atoms with Crippen molar-refractivity contribution in [2.75, 3.05) is 6.61 Å². The maximum Gasteiger partial charge on any atom is 0.265 e. The van der Waals surface area contributed by atoms with Gasteiger partial charge in [0.1, 0.15) is 6.07 Å². The van der Waals surface area contributed by atoms with E-state index in [-0.39, 0.29) is 11.9 Å². The number of hydrogen-bond donors (Lipinski definition) is 0. The van der Waals surface area contributed by atoms with Gasteiger partial charge in [-0.3, -0.25) is 4.79 Å². The number of likely N-dealkylation sites (tertiary alicyclic amines) is 1. The van der Waals surface area contributed by atoms with Gasteiger partial charge in [0, 0.05) is 12.6 Å². The highest BCUT2D eigenvalue weighted by Crippen LogP contribution is 2.41. The molecule has 0 spiro atoms.